The number of nitrogens with zero attached hydrogens (tertiary/aromatic N) is 5. The van der Waals surface area contributed by atoms with Crippen LogP contribution in [0, 0.1) is 5.82 Å². The van der Waals surface area contributed by atoms with Gasteiger partial charge in [0.05, 0.1) is 31.3 Å². The van der Waals surface area contributed by atoms with Gasteiger partial charge in [0, 0.05) is 29.2 Å². The van der Waals surface area contributed by atoms with E-state index in [4.69, 9.17) is 26.4 Å². The zero-order valence-corrected chi connectivity index (χ0v) is 18.4. The number of carbonyl (C=O) groups is 1. The van der Waals surface area contributed by atoms with Crippen LogP contribution >= 0.6 is 11.6 Å². The minimum absolute atomic E-state index is 0.109. The van der Waals surface area contributed by atoms with Crippen LogP contribution in [0.1, 0.15) is 18.1 Å². The fourth-order valence-corrected chi connectivity index (χ4v) is 4.44. The molecule has 0 N–H and O–H groups in total. The molecule has 32 heavy (non-hydrogen) atoms. The molecule has 3 heterocycles. The van der Waals surface area contributed by atoms with Gasteiger partial charge >= 0.3 is 0 Å². The molecule has 0 radical (unpaired) electrons. The van der Waals surface area contributed by atoms with Gasteiger partial charge in [0.2, 0.25) is 0 Å². The number of fused-ring (bicyclic) bond motifs is 3. The number of carbonyl (C=O) groups excluding carboxylic acids is 1. The highest BCUT2D eigenvalue weighted by Crippen LogP contribution is 2.33. The fourth-order valence-electron chi connectivity index (χ4n) is 4.21. The maximum atomic E-state index is 14.3. The maximum absolute atomic E-state index is 14.3. The molecule has 166 valence electrons. The summed E-state index contributed by atoms with van der Waals surface area (Å²) in [6.07, 6.45) is 0. The highest BCUT2D eigenvalue weighted by atomic mass is 35.5. The van der Waals surface area contributed by atoms with E-state index in [0.29, 0.717) is 53.3 Å². The van der Waals surface area contributed by atoms with Crippen molar-refractivity contribution < 1.29 is 13.9 Å². The molecule has 9 heteroatoms. The molecule has 0 spiro atoms. The Morgan fingerprint density at radius 2 is 1.94 bits per heavy atom. The van der Waals surface area contributed by atoms with Crippen molar-refractivity contribution in [2.24, 2.45) is 10.1 Å². The van der Waals surface area contributed by atoms with Gasteiger partial charge < -0.3 is 9.64 Å². The minimum atomic E-state index is -0.381. The zero-order chi connectivity index (χ0) is 22.2. The summed E-state index contributed by atoms with van der Waals surface area (Å²) < 4.78 is 19.7. The molecule has 2 aromatic rings. The number of amidine groups is 1. The molecule has 1 atom stereocenters. The third-order valence-corrected chi connectivity index (χ3v) is 6.18. The number of aliphatic imine (C=N–C) groups is 1. The highest BCUT2D eigenvalue weighted by Gasteiger charge is 2.36. The second kappa shape index (κ2) is 8.61. The molecule has 1 amide bonds. The summed E-state index contributed by atoms with van der Waals surface area (Å²) in [5.41, 5.74) is 2.57. The number of hydrazone groups is 1. The molecule has 0 bridgehead atoms. The van der Waals surface area contributed by atoms with E-state index in [1.54, 1.807) is 12.1 Å². The minimum Gasteiger partial charge on any atom is -0.379 e. The maximum Gasteiger partial charge on any atom is 0.263 e. The van der Waals surface area contributed by atoms with Crippen LogP contribution in [0.25, 0.3) is 0 Å². The Morgan fingerprint density at radius 1 is 1.16 bits per heavy atom. The van der Waals surface area contributed by atoms with Gasteiger partial charge in [-0.1, -0.05) is 29.8 Å². The molecule has 1 fully saturated rings. The van der Waals surface area contributed by atoms with Crippen molar-refractivity contribution in [3.8, 4) is 0 Å². The van der Waals surface area contributed by atoms with E-state index in [0.717, 1.165) is 13.1 Å². The number of halogens is 2. The first kappa shape index (κ1) is 21.1. The van der Waals surface area contributed by atoms with E-state index in [9.17, 15) is 9.18 Å². The molecule has 0 saturated carbocycles. The van der Waals surface area contributed by atoms with Crippen molar-refractivity contribution in [1.82, 2.24) is 9.91 Å². The Labute approximate surface area is 190 Å². The van der Waals surface area contributed by atoms with E-state index in [1.165, 1.54) is 17.1 Å². The summed E-state index contributed by atoms with van der Waals surface area (Å²) in [6.45, 7) is 5.24. The number of hydrogen-bond donors (Lipinski definition) is 0. The summed E-state index contributed by atoms with van der Waals surface area (Å²) in [5, 5.41) is 6.74. The van der Waals surface area contributed by atoms with E-state index < -0.39 is 0 Å². The van der Waals surface area contributed by atoms with Crippen LogP contribution in [0.4, 0.5) is 10.1 Å². The number of amides is 1. The van der Waals surface area contributed by atoms with Crippen LogP contribution in [0.2, 0.25) is 5.02 Å². The molecule has 0 aromatic heterocycles. The Morgan fingerprint density at radius 3 is 2.72 bits per heavy atom. The molecular weight excluding hydrogens is 433 g/mol. The quantitative estimate of drug-likeness (QED) is 0.714. The van der Waals surface area contributed by atoms with E-state index in [-0.39, 0.29) is 24.3 Å². The van der Waals surface area contributed by atoms with Crippen LogP contribution in [-0.4, -0.2) is 72.9 Å². The molecule has 3 aliphatic rings. The monoisotopic (exact) mass is 455 g/mol. The molecule has 2 aromatic carbocycles. The van der Waals surface area contributed by atoms with Crippen molar-refractivity contribution >= 4 is 34.7 Å². The van der Waals surface area contributed by atoms with Crippen LogP contribution < -0.4 is 4.90 Å². The molecular formula is C23H23ClFN5O2. The predicted molar refractivity (Wildman–Crippen MR) is 122 cm³/mol. The van der Waals surface area contributed by atoms with Crippen molar-refractivity contribution in [3.05, 3.63) is 64.4 Å². The van der Waals surface area contributed by atoms with Crippen molar-refractivity contribution in [2.75, 3.05) is 44.4 Å². The number of anilines is 1. The van der Waals surface area contributed by atoms with Gasteiger partial charge in [-0.3, -0.25) is 14.7 Å². The Kier molecular flexibility index (Phi) is 5.67. The summed E-state index contributed by atoms with van der Waals surface area (Å²) in [5.74, 6) is 0.144. The Hall–Kier alpha value is -2.81. The van der Waals surface area contributed by atoms with E-state index in [2.05, 4.69) is 4.90 Å². The van der Waals surface area contributed by atoms with Crippen LogP contribution in [0.5, 0.6) is 0 Å². The van der Waals surface area contributed by atoms with Gasteiger partial charge in [0.1, 0.15) is 18.4 Å². The second-order valence-electron chi connectivity index (χ2n) is 8.00. The predicted octanol–water partition coefficient (Wildman–Crippen LogP) is 2.97. The number of benzene rings is 2. The topological polar surface area (TPSA) is 60.7 Å². The van der Waals surface area contributed by atoms with Crippen LogP contribution in [0.3, 0.4) is 0 Å². The normalized spacial score (nSPS) is 21.5. The van der Waals surface area contributed by atoms with Gasteiger partial charge in [-0.15, -0.1) is 0 Å². The molecule has 5 rings (SSSR count). The molecule has 1 saturated heterocycles. The molecule has 3 aliphatic heterocycles. The third kappa shape index (κ3) is 3.90. The van der Waals surface area contributed by atoms with Crippen LogP contribution in [-0.2, 0) is 9.53 Å². The second-order valence-corrected chi connectivity index (χ2v) is 8.41. The number of morpholine rings is 1. The fraction of sp³-hybridized carbons (Fsp3) is 0.348. The first-order valence-corrected chi connectivity index (χ1v) is 11.0. The first-order chi connectivity index (χ1) is 15.5. The number of hydrogen-bond acceptors (Lipinski definition) is 6. The highest BCUT2D eigenvalue weighted by molar-refractivity contribution is 6.36. The van der Waals surface area contributed by atoms with Gasteiger partial charge in [-0.25, -0.2) is 9.40 Å². The lowest BCUT2D eigenvalue weighted by Gasteiger charge is -2.37. The standard InChI is InChI=1S/C23H23ClFN5O2/c1-15-23-27-30(14-28-8-10-32-11-9-28)21(31)13-29(23)20-7-6-16(25)12-18(20)22(26-15)17-4-2-3-5-19(17)24/h2-7,12,15H,8-11,13-14H2,1H3. The van der Waals surface area contributed by atoms with E-state index in [1.807, 2.05) is 30.0 Å². The lowest BCUT2D eigenvalue weighted by molar-refractivity contribution is -0.133. The Balaban J connectivity index is 1.59. The largest absolute Gasteiger partial charge is 0.379 e. The average Bonchev–Trinajstić information content (AvgIpc) is 2.90. The lowest BCUT2D eigenvalue weighted by atomic mass is 10.00. The van der Waals surface area contributed by atoms with Crippen molar-refractivity contribution in [3.63, 3.8) is 0 Å². The van der Waals surface area contributed by atoms with E-state index >= 15 is 0 Å². The average molecular weight is 456 g/mol. The van der Waals surface area contributed by atoms with Gasteiger partial charge in [-0.05, 0) is 31.2 Å². The zero-order valence-electron chi connectivity index (χ0n) is 17.7. The molecule has 1 unspecified atom stereocenters. The Bertz CT molecular complexity index is 1120. The van der Waals surface area contributed by atoms with Gasteiger partial charge in [0.25, 0.3) is 5.91 Å². The lowest BCUT2D eigenvalue weighted by Crippen LogP contribution is -2.53. The first-order valence-electron chi connectivity index (χ1n) is 10.6. The van der Waals surface area contributed by atoms with Gasteiger partial charge in [-0.2, -0.15) is 5.10 Å². The number of ether oxygens (including phenoxy) is 1. The van der Waals surface area contributed by atoms with Crippen molar-refractivity contribution in [2.45, 2.75) is 13.0 Å². The summed E-state index contributed by atoms with van der Waals surface area (Å²) in [6, 6.07) is 11.5. The number of rotatable bonds is 3. The third-order valence-electron chi connectivity index (χ3n) is 5.85. The SMILES string of the molecule is CC1N=C(c2ccccc2Cl)c2cc(F)ccc2N2CC(=O)N(CN3CCOCC3)N=C12. The van der Waals surface area contributed by atoms with Gasteiger partial charge in [0.15, 0.2) is 5.84 Å². The molecule has 7 nitrogen and oxygen atoms in total. The summed E-state index contributed by atoms with van der Waals surface area (Å²) in [4.78, 5) is 21.9. The smallest absolute Gasteiger partial charge is 0.263 e. The van der Waals surface area contributed by atoms with Crippen molar-refractivity contribution in [1.29, 1.82) is 0 Å². The summed E-state index contributed by atoms with van der Waals surface area (Å²) >= 11 is 6.48. The molecule has 0 aliphatic carbocycles. The van der Waals surface area contributed by atoms with Crippen LogP contribution in [0.15, 0.2) is 52.6 Å². The summed E-state index contributed by atoms with van der Waals surface area (Å²) in [7, 11) is 0.